The molecule has 0 fully saturated rings. The van der Waals surface area contributed by atoms with E-state index >= 15 is 0 Å². The number of aryl methyl sites for hydroxylation is 1. The Hall–Kier alpha value is -0.600. The lowest BCUT2D eigenvalue weighted by atomic mass is 10.0. The van der Waals surface area contributed by atoms with E-state index in [4.69, 9.17) is 0 Å². The maximum Gasteiger partial charge on any atom is -0.00559 e. The molecule has 2 rings (SSSR count). The second-order valence-corrected chi connectivity index (χ2v) is 6.40. The first-order valence-corrected chi connectivity index (χ1v) is 7.95. The van der Waals surface area contributed by atoms with Crippen molar-refractivity contribution in [3.05, 3.63) is 44.3 Å². The molecule has 0 amide bonds. The van der Waals surface area contributed by atoms with Gasteiger partial charge in [0.2, 0.25) is 0 Å². The third kappa shape index (κ3) is 4.64. The quantitative estimate of drug-likeness (QED) is 0.620. The SMILES string of the molecule is CC(C)c1ccsc1.Cc1cscc1C(C)C. The van der Waals surface area contributed by atoms with Crippen LogP contribution in [-0.4, -0.2) is 0 Å². The van der Waals surface area contributed by atoms with Crippen LogP contribution >= 0.6 is 22.7 Å². The molecule has 0 unspecified atom stereocenters. The van der Waals surface area contributed by atoms with Crippen molar-refractivity contribution in [2.45, 2.75) is 46.5 Å². The Labute approximate surface area is 113 Å². The number of thiophene rings is 2. The zero-order valence-electron chi connectivity index (χ0n) is 11.4. The second-order valence-electron chi connectivity index (χ2n) is 4.88. The molecule has 0 aromatic carbocycles. The molecule has 94 valence electrons. The van der Waals surface area contributed by atoms with Crippen LogP contribution < -0.4 is 0 Å². The summed E-state index contributed by atoms with van der Waals surface area (Å²) in [5, 5.41) is 8.76. The summed E-state index contributed by atoms with van der Waals surface area (Å²) in [7, 11) is 0. The van der Waals surface area contributed by atoms with Gasteiger partial charge in [0, 0.05) is 0 Å². The fourth-order valence-corrected chi connectivity index (χ4v) is 3.40. The highest BCUT2D eigenvalue weighted by Gasteiger charge is 2.01. The first-order valence-electron chi connectivity index (χ1n) is 6.07. The van der Waals surface area contributed by atoms with E-state index in [0.29, 0.717) is 11.8 Å². The van der Waals surface area contributed by atoms with E-state index in [2.05, 4.69) is 62.2 Å². The van der Waals surface area contributed by atoms with Crippen molar-refractivity contribution in [1.29, 1.82) is 0 Å². The van der Waals surface area contributed by atoms with Crippen LogP contribution in [0.25, 0.3) is 0 Å². The summed E-state index contributed by atoms with van der Waals surface area (Å²) in [5.74, 6) is 1.39. The van der Waals surface area contributed by atoms with E-state index < -0.39 is 0 Å². The van der Waals surface area contributed by atoms with Gasteiger partial charge in [0.25, 0.3) is 0 Å². The molecule has 0 spiro atoms. The van der Waals surface area contributed by atoms with Gasteiger partial charge in [-0.25, -0.2) is 0 Å². The Kier molecular flexibility index (Phi) is 5.93. The molecule has 0 nitrogen and oxygen atoms in total. The second kappa shape index (κ2) is 6.97. The minimum Gasteiger partial charge on any atom is -0.152 e. The summed E-state index contributed by atoms with van der Waals surface area (Å²) in [6, 6.07) is 2.18. The molecular weight excluding hydrogens is 244 g/mol. The van der Waals surface area contributed by atoms with Crippen molar-refractivity contribution in [3.8, 4) is 0 Å². The van der Waals surface area contributed by atoms with Gasteiger partial charge in [0.1, 0.15) is 0 Å². The molecule has 0 aliphatic heterocycles. The van der Waals surface area contributed by atoms with Crippen molar-refractivity contribution in [2.75, 3.05) is 0 Å². The first kappa shape index (κ1) is 14.5. The smallest absolute Gasteiger partial charge is 0.00559 e. The minimum atomic E-state index is 0.691. The molecule has 2 heterocycles. The van der Waals surface area contributed by atoms with E-state index in [1.54, 1.807) is 22.7 Å². The van der Waals surface area contributed by atoms with Gasteiger partial charge in [0.15, 0.2) is 0 Å². The standard InChI is InChI=1S/C8H12S.C7H10S/c1-6(2)8-5-9-4-7(8)3;1-6(2)7-3-4-8-5-7/h4-6H,1-3H3;3-6H,1-2H3. The monoisotopic (exact) mass is 266 g/mol. The molecule has 2 aromatic heterocycles. The van der Waals surface area contributed by atoms with Gasteiger partial charge in [-0.05, 0) is 63.0 Å². The minimum absolute atomic E-state index is 0.691. The average Bonchev–Trinajstić information content (AvgIpc) is 2.87. The molecule has 0 aliphatic carbocycles. The molecule has 0 bridgehead atoms. The van der Waals surface area contributed by atoms with Crippen LogP contribution in [0.2, 0.25) is 0 Å². The van der Waals surface area contributed by atoms with Crippen LogP contribution in [0.5, 0.6) is 0 Å². The van der Waals surface area contributed by atoms with E-state index in [-0.39, 0.29) is 0 Å². The first-order chi connectivity index (χ1) is 8.02. The highest BCUT2D eigenvalue weighted by Crippen LogP contribution is 2.21. The Morgan fingerprint density at radius 3 is 1.82 bits per heavy atom. The van der Waals surface area contributed by atoms with Gasteiger partial charge in [-0.3, -0.25) is 0 Å². The van der Waals surface area contributed by atoms with Crippen molar-refractivity contribution >= 4 is 22.7 Å². The lowest BCUT2D eigenvalue weighted by Crippen LogP contribution is -1.84. The number of hydrogen-bond acceptors (Lipinski definition) is 2. The molecular formula is C15H22S2. The van der Waals surface area contributed by atoms with Crippen LogP contribution in [-0.2, 0) is 0 Å². The molecule has 0 N–H and O–H groups in total. The topological polar surface area (TPSA) is 0 Å². The van der Waals surface area contributed by atoms with Gasteiger partial charge in [-0.1, -0.05) is 27.7 Å². The van der Waals surface area contributed by atoms with E-state index in [9.17, 15) is 0 Å². The third-order valence-corrected chi connectivity index (χ3v) is 4.31. The van der Waals surface area contributed by atoms with E-state index in [1.807, 2.05) is 0 Å². The van der Waals surface area contributed by atoms with Crippen molar-refractivity contribution in [1.82, 2.24) is 0 Å². The molecule has 0 saturated carbocycles. The van der Waals surface area contributed by atoms with Gasteiger partial charge >= 0.3 is 0 Å². The average molecular weight is 266 g/mol. The zero-order chi connectivity index (χ0) is 12.8. The van der Waals surface area contributed by atoms with Crippen molar-refractivity contribution in [3.63, 3.8) is 0 Å². The van der Waals surface area contributed by atoms with Crippen LogP contribution in [0.4, 0.5) is 0 Å². The fraction of sp³-hybridized carbons (Fsp3) is 0.467. The predicted molar refractivity (Wildman–Crippen MR) is 81.6 cm³/mol. The summed E-state index contributed by atoms with van der Waals surface area (Å²) in [6.45, 7) is 11.1. The molecule has 2 aromatic rings. The highest BCUT2D eigenvalue weighted by atomic mass is 32.1. The Morgan fingerprint density at radius 2 is 1.59 bits per heavy atom. The van der Waals surface area contributed by atoms with Gasteiger partial charge in [-0.15, -0.1) is 0 Å². The Bertz CT molecular complexity index is 408. The van der Waals surface area contributed by atoms with Gasteiger partial charge < -0.3 is 0 Å². The van der Waals surface area contributed by atoms with Crippen LogP contribution in [0.1, 0.15) is 56.2 Å². The van der Waals surface area contributed by atoms with E-state index in [1.165, 1.54) is 16.7 Å². The molecule has 0 saturated heterocycles. The summed E-state index contributed by atoms with van der Waals surface area (Å²) >= 11 is 3.56. The summed E-state index contributed by atoms with van der Waals surface area (Å²) in [4.78, 5) is 0. The van der Waals surface area contributed by atoms with Crippen LogP contribution in [0, 0.1) is 6.92 Å². The molecule has 2 heteroatoms. The highest BCUT2D eigenvalue weighted by molar-refractivity contribution is 7.08. The summed E-state index contributed by atoms with van der Waals surface area (Å²) < 4.78 is 0. The number of rotatable bonds is 2. The van der Waals surface area contributed by atoms with Gasteiger partial charge in [-0.2, -0.15) is 22.7 Å². The normalized spacial score (nSPS) is 10.5. The summed E-state index contributed by atoms with van der Waals surface area (Å²) in [5.41, 5.74) is 4.39. The predicted octanol–water partition coefficient (Wildman–Crippen LogP) is 6.05. The maximum atomic E-state index is 2.24. The largest absolute Gasteiger partial charge is 0.152 e. The molecule has 0 atom stereocenters. The molecule has 0 aliphatic rings. The maximum absolute atomic E-state index is 2.24. The third-order valence-electron chi connectivity index (χ3n) is 2.73. The lowest BCUT2D eigenvalue weighted by Gasteiger charge is -2.01. The fourth-order valence-electron chi connectivity index (χ4n) is 1.57. The Morgan fingerprint density at radius 1 is 0.882 bits per heavy atom. The summed E-state index contributed by atoms with van der Waals surface area (Å²) in [6.07, 6.45) is 0. The Balaban J connectivity index is 0.000000171. The van der Waals surface area contributed by atoms with E-state index in [0.717, 1.165) is 0 Å². The lowest BCUT2D eigenvalue weighted by molar-refractivity contribution is 0.863. The molecule has 17 heavy (non-hydrogen) atoms. The zero-order valence-corrected chi connectivity index (χ0v) is 13.0. The number of hydrogen-bond donors (Lipinski definition) is 0. The van der Waals surface area contributed by atoms with Gasteiger partial charge in [0.05, 0.1) is 0 Å². The molecule has 0 radical (unpaired) electrons. The van der Waals surface area contributed by atoms with Crippen molar-refractivity contribution < 1.29 is 0 Å². The van der Waals surface area contributed by atoms with Crippen molar-refractivity contribution in [2.24, 2.45) is 0 Å². The van der Waals surface area contributed by atoms with Crippen LogP contribution in [0.15, 0.2) is 27.6 Å². The van der Waals surface area contributed by atoms with Crippen LogP contribution in [0.3, 0.4) is 0 Å².